The van der Waals surface area contributed by atoms with Crippen LogP contribution in [0, 0.1) is 5.82 Å². The van der Waals surface area contributed by atoms with E-state index in [0.717, 1.165) is 17.7 Å². The maximum Gasteiger partial charge on any atom is 0.254 e. The Morgan fingerprint density at radius 2 is 1.82 bits per heavy atom. The van der Waals surface area contributed by atoms with Crippen LogP contribution in [-0.2, 0) is 14.8 Å². The zero-order valence-electron chi connectivity index (χ0n) is 15.2. The molecule has 0 saturated carbocycles. The molecule has 1 N–H and O–H groups in total. The largest absolute Gasteiger partial charge is 0.379 e. The fourth-order valence-corrected chi connectivity index (χ4v) is 4.44. The molecule has 150 valence electrons. The topological polar surface area (TPSA) is 75.7 Å². The fourth-order valence-electron chi connectivity index (χ4n) is 2.88. The third kappa shape index (κ3) is 4.52. The molecule has 1 heterocycles. The number of halogens is 2. The minimum absolute atomic E-state index is 0.125. The lowest BCUT2D eigenvalue weighted by Gasteiger charge is -2.26. The van der Waals surface area contributed by atoms with E-state index >= 15 is 0 Å². The Morgan fingerprint density at radius 1 is 1.18 bits per heavy atom. The molecule has 1 aliphatic heterocycles. The molecule has 2 aromatic rings. The average molecular weight is 427 g/mol. The molecule has 0 aromatic heterocycles. The summed E-state index contributed by atoms with van der Waals surface area (Å²) in [5.41, 5.74) is 0.463. The summed E-state index contributed by atoms with van der Waals surface area (Å²) in [5.74, 6) is -1.49. The maximum atomic E-state index is 14.2. The van der Waals surface area contributed by atoms with Gasteiger partial charge in [-0.3, -0.25) is 4.79 Å². The zero-order chi connectivity index (χ0) is 20.3. The first-order valence-electron chi connectivity index (χ1n) is 8.73. The van der Waals surface area contributed by atoms with E-state index in [1.807, 2.05) is 0 Å². The first kappa shape index (κ1) is 20.7. The van der Waals surface area contributed by atoms with Gasteiger partial charge in [-0.15, -0.1) is 0 Å². The molecule has 1 amide bonds. The van der Waals surface area contributed by atoms with Crippen LogP contribution in [0.1, 0.15) is 28.9 Å². The van der Waals surface area contributed by atoms with E-state index in [4.69, 9.17) is 16.3 Å². The normalized spacial score (nSPS) is 16.5. The molecule has 0 bridgehead atoms. The van der Waals surface area contributed by atoms with Crippen molar-refractivity contribution in [1.82, 2.24) is 9.62 Å². The molecule has 1 aliphatic rings. The summed E-state index contributed by atoms with van der Waals surface area (Å²) in [5, 5.41) is 3.24. The van der Waals surface area contributed by atoms with Gasteiger partial charge in [0.25, 0.3) is 5.91 Å². The Bertz CT molecular complexity index is 960. The SMILES string of the molecule is CC(NC(=O)c1cc(S(=O)(=O)N2CCOCC2)ccc1F)c1ccc(Cl)cc1. The molecule has 1 saturated heterocycles. The lowest BCUT2D eigenvalue weighted by Crippen LogP contribution is -2.40. The van der Waals surface area contributed by atoms with Gasteiger partial charge in [0.1, 0.15) is 5.82 Å². The van der Waals surface area contributed by atoms with E-state index in [-0.39, 0.29) is 23.5 Å². The van der Waals surface area contributed by atoms with Crippen molar-refractivity contribution in [2.75, 3.05) is 26.3 Å². The quantitative estimate of drug-likeness (QED) is 0.797. The number of nitrogens with zero attached hydrogens (tertiary/aromatic N) is 1. The molecular weight excluding hydrogens is 407 g/mol. The number of benzene rings is 2. The average Bonchev–Trinajstić information content (AvgIpc) is 2.69. The number of ether oxygens (including phenoxy) is 1. The van der Waals surface area contributed by atoms with Crippen LogP contribution in [0.5, 0.6) is 0 Å². The van der Waals surface area contributed by atoms with Crippen LogP contribution in [0.4, 0.5) is 4.39 Å². The van der Waals surface area contributed by atoms with Crippen molar-refractivity contribution in [2.45, 2.75) is 17.9 Å². The van der Waals surface area contributed by atoms with Gasteiger partial charge in [-0.25, -0.2) is 12.8 Å². The number of carbonyl (C=O) groups excluding carboxylic acids is 1. The highest BCUT2D eigenvalue weighted by Gasteiger charge is 2.28. The van der Waals surface area contributed by atoms with Crippen molar-refractivity contribution < 1.29 is 22.3 Å². The number of amides is 1. The zero-order valence-corrected chi connectivity index (χ0v) is 16.8. The third-order valence-corrected chi connectivity index (χ3v) is 6.65. The molecule has 1 atom stereocenters. The predicted octanol–water partition coefficient (Wildman–Crippen LogP) is 2.99. The Kier molecular flexibility index (Phi) is 6.34. The Morgan fingerprint density at radius 3 is 2.46 bits per heavy atom. The molecule has 0 aliphatic carbocycles. The van der Waals surface area contributed by atoms with Gasteiger partial charge in [-0.05, 0) is 42.8 Å². The first-order valence-corrected chi connectivity index (χ1v) is 10.5. The van der Waals surface area contributed by atoms with E-state index in [2.05, 4.69) is 5.32 Å². The molecule has 6 nitrogen and oxygen atoms in total. The van der Waals surface area contributed by atoms with Crippen molar-refractivity contribution in [3.63, 3.8) is 0 Å². The lowest BCUT2D eigenvalue weighted by atomic mass is 10.1. The third-order valence-electron chi connectivity index (χ3n) is 4.51. The minimum atomic E-state index is -3.83. The summed E-state index contributed by atoms with van der Waals surface area (Å²) >= 11 is 5.86. The number of nitrogens with one attached hydrogen (secondary N) is 1. The first-order chi connectivity index (χ1) is 13.3. The lowest BCUT2D eigenvalue weighted by molar-refractivity contribution is 0.0730. The van der Waals surface area contributed by atoms with Gasteiger partial charge in [0, 0.05) is 18.1 Å². The second kappa shape index (κ2) is 8.57. The highest BCUT2D eigenvalue weighted by Crippen LogP contribution is 2.22. The minimum Gasteiger partial charge on any atom is -0.379 e. The second-order valence-electron chi connectivity index (χ2n) is 6.40. The van der Waals surface area contributed by atoms with Crippen LogP contribution in [0.2, 0.25) is 5.02 Å². The van der Waals surface area contributed by atoms with E-state index in [1.165, 1.54) is 10.4 Å². The smallest absolute Gasteiger partial charge is 0.254 e. The van der Waals surface area contributed by atoms with Gasteiger partial charge in [0.05, 0.1) is 29.7 Å². The number of hydrogen-bond donors (Lipinski definition) is 1. The fraction of sp³-hybridized carbons (Fsp3) is 0.316. The summed E-state index contributed by atoms with van der Waals surface area (Å²) in [6.07, 6.45) is 0. The van der Waals surface area contributed by atoms with E-state index in [0.29, 0.717) is 18.2 Å². The Balaban J connectivity index is 1.82. The molecule has 0 spiro atoms. The molecule has 9 heteroatoms. The van der Waals surface area contributed by atoms with Gasteiger partial charge >= 0.3 is 0 Å². The van der Waals surface area contributed by atoms with Gasteiger partial charge in [0.2, 0.25) is 10.0 Å². The van der Waals surface area contributed by atoms with E-state index in [9.17, 15) is 17.6 Å². The number of hydrogen-bond acceptors (Lipinski definition) is 4. The number of sulfonamides is 1. The van der Waals surface area contributed by atoms with Crippen LogP contribution in [0.15, 0.2) is 47.4 Å². The molecule has 0 radical (unpaired) electrons. The molecule has 1 unspecified atom stereocenters. The monoisotopic (exact) mass is 426 g/mol. The molecule has 28 heavy (non-hydrogen) atoms. The van der Waals surface area contributed by atoms with Crippen LogP contribution >= 0.6 is 11.6 Å². The number of rotatable bonds is 5. The molecular formula is C19H20ClFN2O4S. The Labute approximate surface area is 168 Å². The summed E-state index contributed by atoms with van der Waals surface area (Å²) in [7, 11) is -3.83. The summed E-state index contributed by atoms with van der Waals surface area (Å²) in [6, 6.07) is 9.71. The van der Waals surface area contributed by atoms with Gasteiger partial charge in [0.15, 0.2) is 0 Å². The molecule has 2 aromatic carbocycles. The summed E-state index contributed by atoms with van der Waals surface area (Å²) in [6.45, 7) is 2.77. The van der Waals surface area contributed by atoms with Crippen molar-refractivity contribution >= 4 is 27.5 Å². The highest BCUT2D eigenvalue weighted by atomic mass is 35.5. The van der Waals surface area contributed by atoms with Crippen molar-refractivity contribution in [2.24, 2.45) is 0 Å². The van der Waals surface area contributed by atoms with E-state index < -0.39 is 27.8 Å². The maximum absolute atomic E-state index is 14.2. The van der Waals surface area contributed by atoms with Crippen molar-refractivity contribution in [1.29, 1.82) is 0 Å². The predicted molar refractivity (Wildman–Crippen MR) is 103 cm³/mol. The van der Waals surface area contributed by atoms with Crippen molar-refractivity contribution in [3.05, 3.63) is 64.4 Å². The Hall–Kier alpha value is -2.00. The highest BCUT2D eigenvalue weighted by molar-refractivity contribution is 7.89. The van der Waals surface area contributed by atoms with Crippen molar-refractivity contribution in [3.8, 4) is 0 Å². The second-order valence-corrected chi connectivity index (χ2v) is 8.78. The van der Waals surface area contributed by atoms with Gasteiger partial charge in [-0.2, -0.15) is 4.31 Å². The van der Waals surface area contributed by atoms with Gasteiger partial charge < -0.3 is 10.1 Å². The standard InChI is InChI=1S/C19H20ClFN2O4S/c1-13(14-2-4-15(20)5-3-14)22-19(24)17-12-16(6-7-18(17)21)28(25,26)23-8-10-27-11-9-23/h2-7,12-13H,8-11H2,1H3,(H,22,24). The van der Waals surface area contributed by atoms with Crippen LogP contribution in [-0.4, -0.2) is 44.9 Å². The van der Waals surface area contributed by atoms with Crippen LogP contribution < -0.4 is 5.32 Å². The number of carbonyl (C=O) groups is 1. The van der Waals surface area contributed by atoms with Crippen LogP contribution in [0.3, 0.4) is 0 Å². The molecule has 1 fully saturated rings. The number of morpholine rings is 1. The summed E-state index contributed by atoms with van der Waals surface area (Å²) < 4.78 is 46.2. The van der Waals surface area contributed by atoms with Gasteiger partial charge in [-0.1, -0.05) is 23.7 Å². The molecule has 3 rings (SSSR count). The van der Waals surface area contributed by atoms with Crippen LogP contribution in [0.25, 0.3) is 0 Å². The van der Waals surface area contributed by atoms with E-state index in [1.54, 1.807) is 31.2 Å². The summed E-state index contributed by atoms with van der Waals surface area (Å²) in [4.78, 5) is 12.4.